The van der Waals surface area contributed by atoms with Crippen LogP contribution in [0.25, 0.3) is 11.0 Å². The topological polar surface area (TPSA) is 59.5 Å². The number of fused-ring (bicyclic) bond motifs is 2. The smallest absolute Gasteiger partial charge is 0.227 e. The van der Waals surface area contributed by atoms with Gasteiger partial charge in [-0.05, 0) is 55.4 Å². The minimum Gasteiger partial charge on any atom is -0.464 e. The SMILES string of the molecule is Cl.NC1CCCN(C(=O)Cc2coc3cc4c(cc23)CCC4)C1. The Bertz CT molecular complexity index is 725. The van der Waals surface area contributed by atoms with Gasteiger partial charge < -0.3 is 15.1 Å². The number of hydrogen-bond acceptors (Lipinski definition) is 3. The average molecular weight is 335 g/mol. The van der Waals surface area contributed by atoms with Crippen LogP contribution >= 0.6 is 12.4 Å². The highest BCUT2D eigenvalue weighted by Crippen LogP contribution is 2.30. The van der Waals surface area contributed by atoms with E-state index in [2.05, 4.69) is 12.1 Å². The zero-order valence-electron chi connectivity index (χ0n) is 13.2. The number of nitrogens with zero attached hydrogens (tertiary/aromatic N) is 1. The largest absolute Gasteiger partial charge is 0.464 e. The first-order chi connectivity index (χ1) is 10.7. The molecule has 23 heavy (non-hydrogen) atoms. The molecule has 0 spiro atoms. The van der Waals surface area contributed by atoms with Gasteiger partial charge in [0, 0.05) is 30.1 Å². The predicted octanol–water partition coefficient (Wildman–Crippen LogP) is 2.84. The fraction of sp³-hybridized carbons (Fsp3) is 0.500. The predicted molar refractivity (Wildman–Crippen MR) is 93.0 cm³/mol. The molecule has 124 valence electrons. The molecule has 1 atom stereocenters. The Balaban J connectivity index is 0.00000156. The van der Waals surface area contributed by atoms with E-state index in [0.29, 0.717) is 13.0 Å². The Morgan fingerprint density at radius 2 is 2.04 bits per heavy atom. The molecule has 4 rings (SSSR count). The van der Waals surface area contributed by atoms with Crippen molar-refractivity contribution in [2.75, 3.05) is 13.1 Å². The third-order valence-electron chi connectivity index (χ3n) is 5.02. The van der Waals surface area contributed by atoms with Crippen LogP contribution in [0.15, 0.2) is 22.8 Å². The summed E-state index contributed by atoms with van der Waals surface area (Å²) in [6, 6.07) is 4.51. The summed E-state index contributed by atoms with van der Waals surface area (Å²) in [4.78, 5) is 14.4. The molecule has 1 aromatic heterocycles. The third kappa shape index (κ3) is 3.10. The van der Waals surface area contributed by atoms with Crippen molar-refractivity contribution in [2.24, 2.45) is 5.73 Å². The van der Waals surface area contributed by atoms with Gasteiger partial charge in [0.05, 0.1) is 12.7 Å². The molecule has 2 aromatic rings. The monoisotopic (exact) mass is 334 g/mol. The van der Waals surface area contributed by atoms with Crippen LogP contribution in [0.1, 0.15) is 36.0 Å². The average Bonchev–Trinajstić information content (AvgIpc) is 3.12. The molecule has 0 radical (unpaired) electrons. The molecule has 1 unspecified atom stereocenters. The fourth-order valence-electron chi connectivity index (χ4n) is 3.80. The highest BCUT2D eigenvalue weighted by Gasteiger charge is 2.23. The normalized spacial score (nSPS) is 20.4. The lowest BCUT2D eigenvalue weighted by Crippen LogP contribution is -2.46. The quantitative estimate of drug-likeness (QED) is 0.918. The number of halogens is 1. The van der Waals surface area contributed by atoms with Crippen molar-refractivity contribution >= 4 is 29.3 Å². The van der Waals surface area contributed by atoms with Gasteiger partial charge in [0.15, 0.2) is 0 Å². The van der Waals surface area contributed by atoms with Crippen molar-refractivity contribution in [3.05, 3.63) is 35.1 Å². The van der Waals surface area contributed by atoms with Crippen molar-refractivity contribution < 1.29 is 9.21 Å². The van der Waals surface area contributed by atoms with E-state index in [1.165, 1.54) is 17.5 Å². The van der Waals surface area contributed by atoms with Gasteiger partial charge >= 0.3 is 0 Å². The molecular weight excluding hydrogens is 312 g/mol. The van der Waals surface area contributed by atoms with Gasteiger partial charge in [-0.1, -0.05) is 0 Å². The molecule has 0 saturated carbocycles. The van der Waals surface area contributed by atoms with Crippen LogP contribution in [-0.2, 0) is 24.1 Å². The number of aryl methyl sites for hydroxylation is 2. The van der Waals surface area contributed by atoms with Gasteiger partial charge in [0.25, 0.3) is 0 Å². The van der Waals surface area contributed by atoms with Crippen molar-refractivity contribution in [3.8, 4) is 0 Å². The summed E-state index contributed by atoms with van der Waals surface area (Å²) in [5.41, 5.74) is 10.7. The first-order valence-electron chi connectivity index (χ1n) is 8.26. The molecule has 2 N–H and O–H groups in total. The Kier molecular flexibility index (Phi) is 4.64. The minimum absolute atomic E-state index is 0. The Hall–Kier alpha value is -1.52. The second-order valence-corrected chi connectivity index (χ2v) is 6.65. The molecule has 1 saturated heterocycles. The van der Waals surface area contributed by atoms with Crippen LogP contribution in [0.4, 0.5) is 0 Å². The number of amides is 1. The van der Waals surface area contributed by atoms with Gasteiger partial charge in [-0.15, -0.1) is 12.4 Å². The Morgan fingerprint density at radius 1 is 1.26 bits per heavy atom. The summed E-state index contributed by atoms with van der Waals surface area (Å²) in [5.74, 6) is 0.165. The highest BCUT2D eigenvalue weighted by molar-refractivity contribution is 5.88. The molecule has 4 nitrogen and oxygen atoms in total. The van der Waals surface area contributed by atoms with Gasteiger partial charge in [0.1, 0.15) is 5.58 Å². The van der Waals surface area contributed by atoms with Crippen molar-refractivity contribution in [3.63, 3.8) is 0 Å². The Morgan fingerprint density at radius 3 is 2.83 bits per heavy atom. The van der Waals surface area contributed by atoms with Crippen LogP contribution in [-0.4, -0.2) is 29.9 Å². The summed E-state index contributed by atoms with van der Waals surface area (Å²) in [5, 5.41) is 1.11. The zero-order valence-corrected chi connectivity index (χ0v) is 14.0. The number of likely N-dealkylation sites (tertiary alicyclic amines) is 1. The Labute approximate surface area is 142 Å². The maximum Gasteiger partial charge on any atom is 0.227 e. The molecule has 1 amide bonds. The first kappa shape index (κ1) is 16.3. The molecule has 1 fully saturated rings. The van der Waals surface area contributed by atoms with Gasteiger partial charge in [-0.3, -0.25) is 4.79 Å². The molecule has 2 heterocycles. The second kappa shape index (κ2) is 6.54. The second-order valence-electron chi connectivity index (χ2n) is 6.65. The lowest BCUT2D eigenvalue weighted by Gasteiger charge is -2.30. The van der Waals surface area contributed by atoms with E-state index in [0.717, 1.165) is 48.8 Å². The van der Waals surface area contributed by atoms with Crippen LogP contribution in [0.2, 0.25) is 0 Å². The maximum absolute atomic E-state index is 12.5. The maximum atomic E-state index is 12.5. The number of nitrogens with two attached hydrogens (primary N) is 1. The summed E-state index contributed by atoms with van der Waals surface area (Å²) in [7, 11) is 0. The third-order valence-corrected chi connectivity index (χ3v) is 5.02. The van der Waals surface area contributed by atoms with E-state index >= 15 is 0 Å². The van der Waals surface area contributed by atoms with E-state index in [-0.39, 0.29) is 24.4 Å². The molecular formula is C18H23ClN2O2. The number of benzene rings is 1. The molecule has 1 aliphatic heterocycles. The number of hydrogen-bond donors (Lipinski definition) is 1. The van der Waals surface area contributed by atoms with E-state index < -0.39 is 0 Å². The van der Waals surface area contributed by atoms with Crippen molar-refractivity contribution in [1.82, 2.24) is 4.90 Å². The summed E-state index contributed by atoms with van der Waals surface area (Å²) >= 11 is 0. The lowest BCUT2D eigenvalue weighted by molar-refractivity contribution is -0.131. The van der Waals surface area contributed by atoms with Gasteiger partial charge in [-0.2, -0.15) is 0 Å². The van der Waals surface area contributed by atoms with Crippen LogP contribution in [0, 0.1) is 0 Å². The summed E-state index contributed by atoms with van der Waals surface area (Å²) in [6.45, 7) is 1.52. The van der Waals surface area contributed by atoms with Crippen LogP contribution in [0.3, 0.4) is 0 Å². The van der Waals surface area contributed by atoms with E-state index in [4.69, 9.17) is 10.2 Å². The number of carbonyl (C=O) groups excluding carboxylic acids is 1. The van der Waals surface area contributed by atoms with Crippen LogP contribution < -0.4 is 5.73 Å². The number of piperidine rings is 1. The first-order valence-corrected chi connectivity index (χ1v) is 8.26. The van der Waals surface area contributed by atoms with Gasteiger partial charge in [0.2, 0.25) is 5.91 Å². The molecule has 5 heteroatoms. The minimum atomic E-state index is 0. The summed E-state index contributed by atoms with van der Waals surface area (Å²) < 4.78 is 5.69. The van der Waals surface area contributed by atoms with E-state index in [1.54, 1.807) is 6.26 Å². The number of furan rings is 1. The van der Waals surface area contributed by atoms with Crippen molar-refractivity contribution in [2.45, 2.75) is 44.6 Å². The van der Waals surface area contributed by atoms with E-state index in [1.807, 2.05) is 4.90 Å². The van der Waals surface area contributed by atoms with Gasteiger partial charge in [-0.25, -0.2) is 0 Å². The lowest BCUT2D eigenvalue weighted by atomic mass is 10.0. The fourth-order valence-corrected chi connectivity index (χ4v) is 3.80. The van der Waals surface area contributed by atoms with E-state index in [9.17, 15) is 4.79 Å². The summed E-state index contributed by atoms with van der Waals surface area (Å²) in [6.07, 6.45) is 7.70. The molecule has 1 aliphatic carbocycles. The number of rotatable bonds is 2. The molecule has 0 bridgehead atoms. The molecule has 1 aromatic carbocycles. The molecule has 2 aliphatic rings. The highest BCUT2D eigenvalue weighted by atomic mass is 35.5. The van der Waals surface area contributed by atoms with Crippen LogP contribution in [0.5, 0.6) is 0 Å². The zero-order chi connectivity index (χ0) is 15.1. The standard InChI is InChI=1S/C18H22N2O2.ClH/c19-15-5-2-6-20(10-15)18(21)9-14-11-22-17-8-13-4-1-3-12(13)7-16(14)17;/h7-8,11,15H,1-6,9-10,19H2;1H. The van der Waals surface area contributed by atoms with Crippen molar-refractivity contribution in [1.29, 1.82) is 0 Å². The number of carbonyl (C=O) groups is 1.